The molecule has 2 rings (SSSR count). The molecule has 0 bridgehead atoms. The first-order valence-corrected chi connectivity index (χ1v) is 13.7. The van der Waals surface area contributed by atoms with Gasteiger partial charge in [0.1, 0.15) is 24.9 Å². The van der Waals surface area contributed by atoms with Gasteiger partial charge in [-0.2, -0.15) is 0 Å². The Kier molecular flexibility index (Phi) is 13.3. The van der Waals surface area contributed by atoms with Crippen LogP contribution in [-0.4, -0.2) is 61.9 Å². The molecule has 1 atom stereocenters. The molecule has 0 aliphatic carbocycles. The summed E-state index contributed by atoms with van der Waals surface area (Å²) in [7, 11) is 1.60. The number of nitrogens with zero attached hydrogens (tertiary/aromatic N) is 3. The number of carbonyl (C=O) groups is 1. The second kappa shape index (κ2) is 16.1. The van der Waals surface area contributed by atoms with E-state index in [1.807, 2.05) is 37.3 Å². The van der Waals surface area contributed by atoms with Crippen LogP contribution < -0.4 is 5.32 Å². The zero-order valence-electron chi connectivity index (χ0n) is 24.3. The van der Waals surface area contributed by atoms with Crippen molar-refractivity contribution in [2.75, 3.05) is 32.1 Å². The van der Waals surface area contributed by atoms with E-state index >= 15 is 0 Å². The molecule has 1 N–H and O–H groups in total. The Bertz CT molecular complexity index is 1100. The molecule has 0 saturated carbocycles. The molecule has 1 aliphatic heterocycles. The number of aryl methyl sites for hydroxylation is 1. The molecule has 9 heteroatoms. The molecular formula is C30H43ClN4O4. The van der Waals surface area contributed by atoms with E-state index < -0.39 is 0 Å². The van der Waals surface area contributed by atoms with Crippen LogP contribution in [0, 0.1) is 0 Å². The number of benzene rings is 1. The minimum atomic E-state index is -0.346. The summed E-state index contributed by atoms with van der Waals surface area (Å²) in [5.41, 5.74) is 3.61. The van der Waals surface area contributed by atoms with Crippen LogP contribution in [0.5, 0.6) is 0 Å². The molecule has 1 aromatic carbocycles. The van der Waals surface area contributed by atoms with E-state index in [1.54, 1.807) is 13.4 Å². The fourth-order valence-corrected chi connectivity index (χ4v) is 4.46. The Hall–Kier alpha value is -3.10. The Morgan fingerprint density at radius 1 is 1.28 bits per heavy atom. The Labute approximate surface area is 238 Å². The average molecular weight is 559 g/mol. The van der Waals surface area contributed by atoms with Crippen LogP contribution >= 0.6 is 11.6 Å². The molecule has 214 valence electrons. The van der Waals surface area contributed by atoms with E-state index in [0.717, 1.165) is 42.0 Å². The molecule has 39 heavy (non-hydrogen) atoms. The number of aliphatic imine (C=N–C) groups is 2. The normalized spacial score (nSPS) is 15.3. The summed E-state index contributed by atoms with van der Waals surface area (Å²) >= 11 is 6.41. The third-order valence-electron chi connectivity index (χ3n) is 6.35. The summed E-state index contributed by atoms with van der Waals surface area (Å²) in [6.45, 7) is 15.1. The van der Waals surface area contributed by atoms with Crippen molar-refractivity contribution in [3.05, 3.63) is 64.4 Å². The topological polar surface area (TPSA) is 84.7 Å². The van der Waals surface area contributed by atoms with Gasteiger partial charge < -0.3 is 19.5 Å². The number of rotatable bonds is 15. The van der Waals surface area contributed by atoms with Crippen molar-refractivity contribution in [2.45, 2.75) is 72.4 Å². The number of anilines is 1. The monoisotopic (exact) mass is 558 g/mol. The van der Waals surface area contributed by atoms with Crippen LogP contribution in [0.4, 0.5) is 5.69 Å². The second-order valence-electron chi connectivity index (χ2n) is 10.2. The molecule has 0 saturated heterocycles. The highest BCUT2D eigenvalue weighted by atomic mass is 35.5. The smallest absolute Gasteiger partial charge is 0.293 e. The van der Waals surface area contributed by atoms with E-state index in [9.17, 15) is 4.79 Å². The minimum absolute atomic E-state index is 0.0394. The number of allylic oxidation sites excluding steroid dienone is 4. The van der Waals surface area contributed by atoms with E-state index in [1.165, 1.54) is 6.34 Å². The lowest BCUT2D eigenvalue weighted by Gasteiger charge is -2.35. The highest BCUT2D eigenvalue weighted by molar-refractivity contribution is 6.31. The molecule has 8 nitrogen and oxygen atoms in total. The highest BCUT2D eigenvalue weighted by Crippen LogP contribution is 2.25. The molecule has 0 spiro atoms. The van der Waals surface area contributed by atoms with Crippen molar-refractivity contribution in [1.29, 1.82) is 0 Å². The molecule has 1 aliphatic rings. The maximum Gasteiger partial charge on any atom is 0.293 e. The predicted molar refractivity (Wildman–Crippen MR) is 160 cm³/mol. The Balaban J connectivity index is 2.11. The lowest BCUT2D eigenvalue weighted by molar-refractivity contribution is -0.136. The summed E-state index contributed by atoms with van der Waals surface area (Å²) in [4.78, 5) is 22.5. The summed E-state index contributed by atoms with van der Waals surface area (Å²) in [5, 5.41) is 4.06. The van der Waals surface area contributed by atoms with Crippen LogP contribution in [0.25, 0.3) is 0 Å². The third-order valence-corrected chi connectivity index (χ3v) is 6.71. The lowest BCUT2D eigenvalue weighted by atomic mass is 10.1. The summed E-state index contributed by atoms with van der Waals surface area (Å²) < 4.78 is 16.4. The number of carbonyl (C=O) groups excluding carboxylic acids is 1. The molecular weight excluding hydrogens is 516 g/mol. The van der Waals surface area contributed by atoms with Crippen molar-refractivity contribution >= 4 is 35.8 Å². The summed E-state index contributed by atoms with van der Waals surface area (Å²) in [5.74, 6) is 1.31. The molecule has 0 fully saturated rings. The lowest BCUT2D eigenvalue weighted by Crippen LogP contribution is -2.43. The zero-order chi connectivity index (χ0) is 28.8. The van der Waals surface area contributed by atoms with Gasteiger partial charge in [-0.25, -0.2) is 9.98 Å². The van der Waals surface area contributed by atoms with Gasteiger partial charge in [0, 0.05) is 41.2 Å². The number of nitrogens with one attached hydrogen (secondary N) is 1. The van der Waals surface area contributed by atoms with Crippen molar-refractivity contribution in [1.82, 2.24) is 4.90 Å². The van der Waals surface area contributed by atoms with Gasteiger partial charge in [-0.15, -0.1) is 0 Å². The fraction of sp³-hybridized carbons (Fsp3) is 0.500. The van der Waals surface area contributed by atoms with E-state index in [0.29, 0.717) is 35.9 Å². The first-order chi connectivity index (χ1) is 18.6. The quantitative estimate of drug-likeness (QED) is 0.194. The number of ether oxygens (including phenoxy) is 3. The van der Waals surface area contributed by atoms with Gasteiger partial charge in [-0.3, -0.25) is 9.69 Å². The highest BCUT2D eigenvalue weighted by Gasteiger charge is 2.21. The standard InChI is InChI=1S/C30H43ClN4O4/c1-8-23-10-11-25(18-28(23)31)34-29-24(13-15-37-7)17-26(32-20-33-29)16-22(3)38-19-27(39-21-36)12-14-35(9-2)30(4,5)6/h10-11,13,15-16,18,20-21,27,34H,8-9,12,14,17,19H2,1-7H3/b15-13+,22-16+. The van der Waals surface area contributed by atoms with Gasteiger partial charge >= 0.3 is 0 Å². The van der Waals surface area contributed by atoms with Crippen LogP contribution in [0.3, 0.4) is 0 Å². The number of hydrogen-bond acceptors (Lipinski definition) is 8. The van der Waals surface area contributed by atoms with Crippen LogP contribution in [0.1, 0.15) is 59.9 Å². The Morgan fingerprint density at radius 3 is 2.67 bits per heavy atom. The molecule has 0 aromatic heterocycles. The van der Waals surface area contributed by atoms with Gasteiger partial charge in [0.15, 0.2) is 0 Å². The van der Waals surface area contributed by atoms with Gasteiger partial charge in [-0.05, 0) is 70.5 Å². The number of halogens is 1. The number of hydrogen-bond donors (Lipinski definition) is 1. The average Bonchev–Trinajstić information content (AvgIpc) is 3.06. The predicted octanol–water partition coefficient (Wildman–Crippen LogP) is 6.53. The molecule has 1 aromatic rings. The maximum atomic E-state index is 11.1. The SMILES string of the molecule is CCc1ccc(NC2=C(/C=C/OC)CC(/C=C(\C)OCC(CCN(CC)C(C)(C)C)OC=O)=NC=N2)cc1Cl. The van der Waals surface area contributed by atoms with Gasteiger partial charge in [0.05, 0.1) is 24.8 Å². The van der Waals surface area contributed by atoms with E-state index in [2.05, 4.69) is 54.8 Å². The van der Waals surface area contributed by atoms with Crippen LogP contribution in [0.15, 0.2) is 63.8 Å². The minimum Gasteiger partial charge on any atom is -0.504 e. The largest absolute Gasteiger partial charge is 0.504 e. The second-order valence-corrected chi connectivity index (χ2v) is 10.6. The van der Waals surface area contributed by atoms with Crippen molar-refractivity contribution in [2.24, 2.45) is 9.98 Å². The zero-order valence-corrected chi connectivity index (χ0v) is 25.0. The third kappa shape index (κ3) is 10.9. The van der Waals surface area contributed by atoms with Crippen molar-refractivity contribution in [3.63, 3.8) is 0 Å². The van der Waals surface area contributed by atoms with Crippen molar-refractivity contribution < 1.29 is 19.0 Å². The van der Waals surface area contributed by atoms with Crippen LogP contribution in [0.2, 0.25) is 5.02 Å². The summed E-state index contributed by atoms with van der Waals surface area (Å²) in [6.07, 6.45) is 8.54. The first kappa shape index (κ1) is 32.1. The Morgan fingerprint density at radius 2 is 2.05 bits per heavy atom. The van der Waals surface area contributed by atoms with Gasteiger partial charge in [0.25, 0.3) is 6.47 Å². The van der Waals surface area contributed by atoms with Crippen LogP contribution in [-0.2, 0) is 25.4 Å². The molecule has 1 heterocycles. The van der Waals surface area contributed by atoms with E-state index in [-0.39, 0.29) is 18.2 Å². The first-order valence-electron chi connectivity index (χ1n) is 13.3. The van der Waals surface area contributed by atoms with Gasteiger partial charge in [0.2, 0.25) is 0 Å². The summed E-state index contributed by atoms with van der Waals surface area (Å²) in [6, 6.07) is 5.88. The molecule has 0 amide bonds. The molecule has 0 radical (unpaired) electrons. The van der Waals surface area contributed by atoms with Gasteiger partial charge in [-0.1, -0.05) is 31.5 Å². The van der Waals surface area contributed by atoms with E-state index in [4.69, 9.17) is 25.8 Å². The van der Waals surface area contributed by atoms with Crippen molar-refractivity contribution in [3.8, 4) is 0 Å². The number of methoxy groups -OCH3 is 1. The maximum absolute atomic E-state index is 11.1. The molecule has 1 unspecified atom stereocenters. The fourth-order valence-electron chi connectivity index (χ4n) is 4.14.